The Labute approximate surface area is 129 Å². The molecule has 0 radical (unpaired) electrons. The summed E-state index contributed by atoms with van der Waals surface area (Å²) in [4.78, 5) is 22.6. The summed E-state index contributed by atoms with van der Waals surface area (Å²) in [5.74, 6) is 0.0177. The molecule has 0 bridgehead atoms. The van der Waals surface area contributed by atoms with Crippen LogP contribution in [0.15, 0.2) is 48.5 Å². The van der Waals surface area contributed by atoms with E-state index in [-0.39, 0.29) is 24.8 Å². The van der Waals surface area contributed by atoms with Crippen molar-refractivity contribution in [3.8, 4) is 5.75 Å². The number of nitrogens with two attached hydrogens (primary N) is 1. The topological polar surface area (TPSA) is 81.4 Å². The zero-order valence-electron chi connectivity index (χ0n) is 12.3. The molecular formula is C17H18N2O3. The summed E-state index contributed by atoms with van der Waals surface area (Å²) in [6, 6.07) is 14.4. The van der Waals surface area contributed by atoms with Gasteiger partial charge in [0.25, 0.3) is 5.91 Å². The van der Waals surface area contributed by atoms with Gasteiger partial charge < -0.3 is 15.8 Å². The molecule has 0 aliphatic rings. The number of anilines is 1. The number of nitrogens with one attached hydrogen (secondary N) is 1. The number of hydrogen-bond donors (Lipinski definition) is 2. The summed E-state index contributed by atoms with van der Waals surface area (Å²) in [5, 5.41) is 2.72. The Bertz CT molecular complexity index is 649. The van der Waals surface area contributed by atoms with E-state index in [1.807, 2.05) is 31.2 Å². The number of rotatable bonds is 6. The lowest BCUT2D eigenvalue weighted by Crippen LogP contribution is -2.20. The first-order valence-corrected chi connectivity index (χ1v) is 6.89. The molecular weight excluding hydrogens is 280 g/mol. The Morgan fingerprint density at radius 2 is 1.68 bits per heavy atom. The van der Waals surface area contributed by atoms with E-state index < -0.39 is 0 Å². The van der Waals surface area contributed by atoms with Crippen molar-refractivity contribution in [2.45, 2.75) is 13.3 Å². The number of carbonyl (C=O) groups excluding carboxylic acids is 2. The van der Waals surface area contributed by atoms with Gasteiger partial charge in [0, 0.05) is 5.69 Å². The molecule has 114 valence electrons. The number of ether oxygens (including phenoxy) is 1. The highest BCUT2D eigenvalue weighted by atomic mass is 16.5. The van der Waals surface area contributed by atoms with E-state index in [0.717, 1.165) is 11.1 Å². The number of amides is 2. The number of benzene rings is 2. The van der Waals surface area contributed by atoms with Gasteiger partial charge in [-0.1, -0.05) is 29.8 Å². The van der Waals surface area contributed by atoms with E-state index in [2.05, 4.69) is 5.32 Å². The molecule has 5 nitrogen and oxygen atoms in total. The summed E-state index contributed by atoms with van der Waals surface area (Å²) in [6.45, 7) is 1.92. The molecule has 0 fully saturated rings. The first kappa shape index (κ1) is 15.6. The standard InChI is InChI=1S/C17H18N2O3/c1-12-2-8-15(9-3-12)22-11-17(21)19-14-6-4-13(5-7-14)10-16(18)20/h2-9H,10-11H2,1H3,(H2,18,20)(H,19,21). The molecule has 0 aliphatic carbocycles. The van der Waals surface area contributed by atoms with E-state index in [1.54, 1.807) is 24.3 Å². The number of hydrogen-bond acceptors (Lipinski definition) is 3. The third-order valence-electron chi connectivity index (χ3n) is 3.01. The summed E-state index contributed by atoms with van der Waals surface area (Å²) in [5.41, 5.74) is 7.71. The Balaban J connectivity index is 1.83. The van der Waals surface area contributed by atoms with Crippen LogP contribution in [0.3, 0.4) is 0 Å². The first-order chi connectivity index (χ1) is 10.5. The molecule has 0 saturated carbocycles. The SMILES string of the molecule is Cc1ccc(OCC(=O)Nc2ccc(CC(N)=O)cc2)cc1. The maximum atomic E-state index is 11.8. The molecule has 5 heteroatoms. The minimum atomic E-state index is -0.386. The third-order valence-corrected chi connectivity index (χ3v) is 3.01. The second kappa shape index (κ2) is 7.26. The fourth-order valence-corrected chi connectivity index (χ4v) is 1.89. The highest BCUT2D eigenvalue weighted by Gasteiger charge is 2.04. The van der Waals surface area contributed by atoms with Gasteiger partial charge in [0.05, 0.1) is 6.42 Å². The van der Waals surface area contributed by atoms with E-state index in [1.165, 1.54) is 0 Å². The van der Waals surface area contributed by atoms with Crippen molar-refractivity contribution in [2.24, 2.45) is 5.73 Å². The van der Waals surface area contributed by atoms with Crippen LogP contribution in [0.2, 0.25) is 0 Å². The Kier molecular flexibility index (Phi) is 5.14. The Hall–Kier alpha value is -2.82. The van der Waals surface area contributed by atoms with Gasteiger partial charge in [-0.2, -0.15) is 0 Å². The second-order valence-corrected chi connectivity index (χ2v) is 4.99. The predicted octanol–water partition coefficient (Wildman–Crippen LogP) is 2.04. The van der Waals surface area contributed by atoms with Crippen LogP contribution in [-0.4, -0.2) is 18.4 Å². The zero-order chi connectivity index (χ0) is 15.9. The van der Waals surface area contributed by atoms with Crippen molar-refractivity contribution in [1.82, 2.24) is 0 Å². The molecule has 2 aromatic carbocycles. The van der Waals surface area contributed by atoms with Gasteiger partial charge in [0.2, 0.25) is 5.91 Å². The lowest BCUT2D eigenvalue weighted by atomic mass is 10.1. The van der Waals surface area contributed by atoms with Crippen LogP contribution in [-0.2, 0) is 16.0 Å². The van der Waals surface area contributed by atoms with Gasteiger partial charge in [0.1, 0.15) is 5.75 Å². The van der Waals surface area contributed by atoms with Crippen LogP contribution < -0.4 is 15.8 Å². The van der Waals surface area contributed by atoms with Gasteiger partial charge in [-0.15, -0.1) is 0 Å². The van der Waals surface area contributed by atoms with Gasteiger partial charge in [-0.25, -0.2) is 0 Å². The maximum Gasteiger partial charge on any atom is 0.262 e. The van der Waals surface area contributed by atoms with Crippen LogP contribution in [0.1, 0.15) is 11.1 Å². The number of carbonyl (C=O) groups is 2. The van der Waals surface area contributed by atoms with Gasteiger partial charge >= 0.3 is 0 Å². The van der Waals surface area contributed by atoms with Gasteiger partial charge in [-0.3, -0.25) is 9.59 Å². The summed E-state index contributed by atoms with van der Waals surface area (Å²) in [6.07, 6.45) is 0.185. The summed E-state index contributed by atoms with van der Waals surface area (Å²) < 4.78 is 5.40. The average molecular weight is 298 g/mol. The maximum absolute atomic E-state index is 11.8. The fourth-order valence-electron chi connectivity index (χ4n) is 1.89. The fraction of sp³-hybridized carbons (Fsp3) is 0.176. The zero-order valence-corrected chi connectivity index (χ0v) is 12.3. The molecule has 0 heterocycles. The molecule has 2 rings (SSSR count). The van der Waals surface area contributed by atoms with Crippen molar-refractivity contribution in [3.63, 3.8) is 0 Å². The molecule has 3 N–H and O–H groups in total. The molecule has 22 heavy (non-hydrogen) atoms. The second-order valence-electron chi connectivity index (χ2n) is 4.99. The van der Waals surface area contributed by atoms with Crippen molar-refractivity contribution in [1.29, 1.82) is 0 Å². The lowest BCUT2D eigenvalue weighted by molar-refractivity contribution is -0.118. The van der Waals surface area contributed by atoms with Crippen molar-refractivity contribution in [3.05, 3.63) is 59.7 Å². The van der Waals surface area contributed by atoms with Crippen LogP contribution in [0.4, 0.5) is 5.69 Å². The van der Waals surface area contributed by atoms with Gasteiger partial charge in [-0.05, 0) is 36.8 Å². The highest BCUT2D eigenvalue weighted by molar-refractivity contribution is 5.91. The molecule has 0 atom stereocenters. The monoisotopic (exact) mass is 298 g/mol. The van der Waals surface area contributed by atoms with Crippen molar-refractivity contribution in [2.75, 3.05) is 11.9 Å². The largest absolute Gasteiger partial charge is 0.484 e. The smallest absolute Gasteiger partial charge is 0.262 e. The van der Waals surface area contributed by atoms with E-state index >= 15 is 0 Å². The molecule has 2 aromatic rings. The van der Waals surface area contributed by atoms with Crippen LogP contribution in [0.25, 0.3) is 0 Å². The minimum Gasteiger partial charge on any atom is -0.484 e. The molecule has 0 saturated heterocycles. The summed E-state index contributed by atoms with van der Waals surface area (Å²) >= 11 is 0. The van der Waals surface area contributed by atoms with Gasteiger partial charge in [0.15, 0.2) is 6.61 Å². The van der Waals surface area contributed by atoms with Crippen LogP contribution in [0, 0.1) is 6.92 Å². The minimum absolute atomic E-state index is 0.0634. The highest BCUT2D eigenvalue weighted by Crippen LogP contribution is 2.12. The van der Waals surface area contributed by atoms with Crippen LogP contribution in [0.5, 0.6) is 5.75 Å². The third kappa shape index (κ3) is 4.94. The molecule has 0 unspecified atom stereocenters. The summed E-state index contributed by atoms with van der Waals surface area (Å²) in [7, 11) is 0. The number of aryl methyl sites for hydroxylation is 1. The molecule has 0 aromatic heterocycles. The first-order valence-electron chi connectivity index (χ1n) is 6.89. The Morgan fingerprint density at radius 3 is 2.27 bits per heavy atom. The van der Waals surface area contributed by atoms with Crippen LogP contribution >= 0.6 is 0 Å². The molecule has 0 spiro atoms. The van der Waals surface area contributed by atoms with E-state index in [4.69, 9.17) is 10.5 Å². The molecule has 2 amide bonds. The molecule has 0 aliphatic heterocycles. The van der Waals surface area contributed by atoms with E-state index in [0.29, 0.717) is 11.4 Å². The lowest BCUT2D eigenvalue weighted by Gasteiger charge is -2.08. The van der Waals surface area contributed by atoms with E-state index in [9.17, 15) is 9.59 Å². The van der Waals surface area contributed by atoms with Crippen molar-refractivity contribution < 1.29 is 14.3 Å². The number of primary amides is 1. The van der Waals surface area contributed by atoms with Crippen molar-refractivity contribution >= 4 is 17.5 Å². The Morgan fingerprint density at radius 1 is 1.05 bits per heavy atom. The predicted molar refractivity (Wildman–Crippen MR) is 84.6 cm³/mol. The normalized spacial score (nSPS) is 10.0. The quantitative estimate of drug-likeness (QED) is 0.856. The average Bonchev–Trinajstić information content (AvgIpc) is 2.48.